The Morgan fingerprint density at radius 1 is 0.608 bits per heavy atom. The molecule has 0 spiro atoms. The van der Waals surface area contributed by atoms with Gasteiger partial charge in [-0.3, -0.25) is 19.2 Å². The lowest BCUT2D eigenvalue weighted by Gasteiger charge is -2.32. The van der Waals surface area contributed by atoms with Crippen LogP contribution < -0.4 is 48.5 Å². The number of aromatic nitrogens is 6. The Labute approximate surface area is 423 Å². The van der Waals surface area contributed by atoms with Crippen molar-refractivity contribution in [1.82, 2.24) is 29.9 Å². The van der Waals surface area contributed by atoms with Crippen LogP contribution in [0.4, 0.5) is 38.0 Å². The van der Waals surface area contributed by atoms with Gasteiger partial charge < -0.3 is 52.4 Å². The van der Waals surface area contributed by atoms with Crippen LogP contribution in [0.2, 0.25) is 5.28 Å². The number of nitrogens with zero attached hydrogens (tertiary/aromatic N) is 6. The number of nitrogens with one attached hydrogen (secondary N) is 2. The Hall–Kier alpha value is -8.17. The third-order valence-corrected chi connectivity index (χ3v) is 10.8. The zero-order chi connectivity index (χ0) is 54.9. The molecule has 74 heavy (non-hydrogen) atoms. The van der Waals surface area contributed by atoms with Gasteiger partial charge in [0.05, 0.1) is 22.3 Å². The van der Waals surface area contributed by atoms with Crippen LogP contribution in [0.25, 0.3) is 11.4 Å². The third kappa shape index (κ3) is 15.7. The summed E-state index contributed by atoms with van der Waals surface area (Å²) in [7, 11) is -0.513. The van der Waals surface area contributed by atoms with Crippen molar-refractivity contribution in [2.45, 2.75) is 77.2 Å². The van der Waals surface area contributed by atoms with Crippen LogP contribution in [0, 0.1) is 0 Å². The van der Waals surface area contributed by atoms with E-state index in [2.05, 4.69) is 40.5 Å². The van der Waals surface area contributed by atoms with Crippen LogP contribution in [-0.2, 0) is 31.3 Å². The SMILES string of the molecule is CC1(C)OB(c2ccc(Oc3cc(C(F)(F)F)ccn3)cc2)OC1(C)C.C[C@H](Nc1cc(C(N)=O)nc(-c2ccc(Oc3cc(C(F)(F)F)ccn3)cc2)n1)C(N)=O.C[C@H](Nc1cc(C(N)=O)nc(Cl)n1)C(N)=O. The summed E-state index contributed by atoms with van der Waals surface area (Å²) in [5.41, 5.74) is 19.1. The number of primary amides is 4. The standard InChI is InChI=1S/C20H17F3N6O3.C18H19BF3NO3.C8H10ClN5O2/c1-10(17(24)30)27-15-9-14(18(25)31)28-19(29-15)11-2-4-13(5-3-11)32-16-8-12(6-7-26-16)20(21,22)23;1-16(2)17(3,4)26-19(25-16)13-5-7-14(8-6-13)24-15-11-12(9-10-23-15)18(20,21)22;1-3(6(10)15)12-5-2-4(7(11)16)13-8(9)14-5/h2-10H,1H3,(H2,24,30)(H2,25,31)(H,27,28,29);5-11H,1-4H3;2-3H,1H3,(H2,10,15)(H2,11,16)(H,12,13,14)/t10-;;3-/m0.0/s1. The molecule has 1 saturated heterocycles. The fraction of sp³-hybridized carbons (Fsp3) is 0.261. The molecule has 2 atom stereocenters. The van der Waals surface area contributed by atoms with Crippen LogP contribution in [0.3, 0.4) is 0 Å². The fourth-order valence-electron chi connectivity index (χ4n) is 5.85. The summed E-state index contributed by atoms with van der Waals surface area (Å²) in [6, 6.07) is 17.3. The maximum absolute atomic E-state index is 12.8. The molecule has 1 aliphatic heterocycles. The van der Waals surface area contributed by atoms with Crippen LogP contribution in [0.5, 0.6) is 23.3 Å². The highest BCUT2D eigenvalue weighted by atomic mass is 35.5. The molecule has 2 aromatic carbocycles. The van der Waals surface area contributed by atoms with Gasteiger partial charge in [-0.2, -0.15) is 26.3 Å². The van der Waals surface area contributed by atoms with Gasteiger partial charge in [-0.25, -0.2) is 29.9 Å². The maximum Gasteiger partial charge on any atom is 0.494 e. The van der Waals surface area contributed by atoms with E-state index in [1.165, 1.54) is 43.3 Å². The average molecular weight is 1060 g/mol. The molecule has 0 aliphatic carbocycles. The molecule has 0 unspecified atom stereocenters. The lowest BCUT2D eigenvalue weighted by molar-refractivity contribution is -0.138. The minimum Gasteiger partial charge on any atom is -0.439 e. The van der Waals surface area contributed by atoms with Gasteiger partial charge in [0.25, 0.3) is 11.8 Å². The normalized spacial score (nSPS) is 14.4. The first-order valence-corrected chi connectivity index (χ1v) is 21.9. The number of carbonyl (C=O) groups excluding carboxylic acids is 4. The predicted molar refractivity (Wildman–Crippen MR) is 257 cm³/mol. The molecule has 1 aliphatic rings. The number of hydrogen-bond acceptors (Lipinski definition) is 16. The number of ether oxygens (including phenoxy) is 2. The van der Waals surface area contributed by atoms with E-state index in [1.807, 2.05) is 27.7 Å². The third-order valence-electron chi connectivity index (χ3n) is 10.6. The zero-order valence-electron chi connectivity index (χ0n) is 39.9. The van der Waals surface area contributed by atoms with E-state index in [1.54, 1.807) is 31.2 Å². The lowest BCUT2D eigenvalue weighted by atomic mass is 9.79. The summed E-state index contributed by atoms with van der Waals surface area (Å²) in [6.07, 6.45) is -6.90. The van der Waals surface area contributed by atoms with Gasteiger partial charge in [-0.05, 0) is 107 Å². The van der Waals surface area contributed by atoms with Gasteiger partial charge in [-0.1, -0.05) is 12.1 Å². The van der Waals surface area contributed by atoms with E-state index < -0.39 is 77.5 Å². The number of halogens is 7. The van der Waals surface area contributed by atoms with Crippen LogP contribution in [-0.4, -0.2) is 83.9 Å². The number of anilines is 2. The van der Waals surface area contributed by atoms with E-state index in [0.29, 0.717) is 11.3 Å². The summed E-state index contributed by atoms with van der Waals surface area (Å²) in [6.45, 7) is 10.9. The second-order valence-corrected chi connectivity index (χ2v) is 17.1. The van der Waals surface area contributed by atoms with Crippen molar-refractivity contribution >= 4 is 59.4 Å². The summed E-state index contributed by atoms with van der Waals surface area (Å²) in [5.74, 6) is -2.02. The van der Waals surface area contributed by atoms with Gasteiger partial charge in [0.2, 0.25) is 28.9 Å². The van der Waals surface area contributed by atoms with Gasteiger partial charge in [0, 0.05) is 42.2 Å². The molecule has 20 nitrogen and oxygen atoms in total. The van der Waals surface area contributed by atoms with E-state index in [4.69, 9.17) is 53.3 Å². The molecular weight excluding hydrogens is 1010 g/mol. The van der Waals surface area contributed by atoms with E-state index >= 15 is 0 Å². The predicted octanol–water partition coefficient (Wildman–Crippen LogP) is 6.44. The van der Waals surface area contributed by atoms with Crippen molar-refractivity contribution in [2.24, 2.45) is 22.9 Å². The molecule has 6 aromatic rings. The Kier molecular flexibility index (Phi) is 17.7. The summed E-state index contributed by atoms with van der Waals surface area (Å²) >= 11 is 5.57. The van der Waals surface area contributed by atoms with Gasteiger partial charge in [0.1, 0.15) is 46.6 Å². The highest BCUT2D eigenvalue weighted by molar-refractivity contribution is 6.62. The van der Waals surface area contributed by atoms with Crippen LogP contribution >= 0.6 is 11.6 Å². The van der Waals surface area contributed by atoms with Crippen molar-refractivity contribution in [3.8, 4) is 34.6 Å². The molecule has 4 amide bonds. The zero-order valence-corrected chi connectivity index (χ0v) is 40.6. The first-order valence-electron chi connectivity index (χ1n) is 21.5. The minimum atomic E-state index is -4.52. The first kappa shape index (κ1) is 56.7. The van der Waals surface area contributed by atoms with Crippen molar-refractivity contribution in [3.05, 3.63) is 125 Å². The van der Waals surface area contributed by atoms with Gasteiger partial charge >= 0.3 is 19.5 Å². The second-order valence-electron chi connectivity index (χ2n) is 16.8. The Morgan fingerprint density at radius 3 is 1.42 bits per heavy atom. The molecule has 28 heteroatoms. The van der Waals surface area contributed by atoms with Crippen molar-refractivity contribution in [2.75, 3.05) is 10.6 Å². The molecule has 0 radical (unpaired) electrons. The van der Waals surface area contributed by atoms with E-state index in [0.717, 1.165) is 42.1 Å². The highest BCUT2D eigenvalue weighted by Gasteiger charge is 2.51. The summed E-state index contributed by atoms with van der Waals surface area (Å²) in [5, 5.41) is 5.27. The van der Waals surface area contributed by atoms with Gasteiger partial charge in [-0.15, -0.1) is 0 Å². The molecule has 0 bridgehead atoms. The topological polar surface area (TPSA) is 311 Å². The minimum absolute atomic E-state index is 0.0424. The number of alkyl halides is 6. The maximum atomic E-state index is 12.8. The van der Waals surface area contributed by atoms with Gasteiger partial charge in [0.15, 0.2) is 5.82 Å². The molecular formula is C46H46BClF6N12O8. The number of nitrogens with two attached hydrogens (primary N) is 4. The van der Waals surface area contributed by atoms with E-state index in [-0.39, 0.29) is 51.6 Å². The van der Waals surface area contributed by atoms with Crippen molar-refractivity contribution < 1.29 is 64.3 Å². The van der Waals surface area contributed by atoms with E-state index in [9.17, 15) is 45.5 Å². The van der Waals surface area contributed by atoms with Crippen LogP contribution in [0.1, 0.15) is 73.6 Å². The number of carbonyl (C=O) groups is 4. The Bertz CT molecular complexity index is 2980. The molecule has 5 heterocycles. The molecule has 390 valence electrons. The lowest BCUT2D eigenvalue weighted by Crippen LogP contribution is -2.41. The highest BCUT2D eigenvalue weighted by Crippen LogP contribution is 2.37. The Balaban J connectivity index is 0.000000217. The summed E-state index contributed by atoms with van der Waals surface area (Å²) < 4.78 is 99.5. The number of amides is 4. The van der Waals surface area contributed by atoms with Crippen molar-refractivity contribution in [3.63, 3.8) is 0 Å². The van der Waals surface area contributed by atoms with Crippen molar-refractivity contribution in [1.29, 1.82) is 0 Å². The Morgan fingerprint density at radius 2 is 1.01 bits per heavy atom. The number of rotatable bonds is 14. The second kappa shape index (κ2) is 23.1. The molecule has 1 fully saturated rings. The number of benzene rings is 2. The monoisotopic (exact) mass is 1050 g/mol. The quantitative estimate of drug-likeness (QED) is 0.0388. The largest absolute Gasteiger partial charge is 0.494 e. The smallest absolute Gasteiger partial charge is 0.439 e. The first-order chi connectivity index (χ1) is 34.4. The number of pyridine rings is 2. The summed E-state index contributed by atoms with van der Waals surface area (Å²) in [4.78, 5) is 67.9. The molecule has 7 rings (SSSR count). The average Bonchev–Trinajstić information content (AvgIpc) is 3.54. The molecule has 0 saturated carbocycles. The van der Waals surface area contributed by atoms with Crippen LogP contribution in [0.15, 0.2) is 97.3 Å². The molecule has 4 aromatic heterocycles. The number of hydrogen-bond donors (Lipinski definition) is 6. The molecule has 10 N–H and O–H groups in total. The fourth-order valence-corrected chi connectivity index (χ4v) is 6.03.